The van der Waals surface area contributed by atoms with Crippen molar-refractivity contribution in [2.24, 2.45) is 5.14 Å². The van der Waals surface area contributed by atoms with Gasteiger partial charge < -0.3 is 10.6 Å². The quantitative estimate of drug-likeness (QED) is 0.679. The second-order valence-electron chi connectivity index (χ2n) is 7.19. The van der Waals surface area contributed by atoms with Gasteiger partial charge in [-0.05, 0) is 49.4 Å². The lowest BCUT2D eigenvalue weighted by atomic mass is 9.95. The van der Waals surface area contributed by atoms with E-state index in [2.05, 4.69) is 41.8 Å². The first-order valence-electron chi connectivity index (χ1n) is 8.99. The summed E-state index contributed by atoms with van der Waals surface area (Å²) in [5.74, 6) is 0. The molecule has 0 saturated heterocycles. The molecule has 2 aromatic carbocycles. The van der Waals surface area contributed by atoms with Gasteiger partial charge in [-0.1, -0.05) is 42.0 Å². The van der Waals surface area contributed by atoms with Crippen molar-refractivity contribution in [1.82, 2.24) is 10.6 Å². The van der Waals surface area contributed by atoms with Gasteiger partial charge in [0, 0.05) is 18.5 Å². The Bertz CT molecular complexity index is 902. The van der Waals surface area contributed by atoms with E-state index < -0.39 is 10.0 Å². The third-order valence-corrected chi connectivity index (χ3v) is 5.99. The number of amides is 2. The summed E-state index contributed by atoms with van der Waals surface area (Å²) in [5, 5.41) is 10.9. The number of nitrogens with two attached hydrogens (primary N) is 1. The SMILES string of the molecule is Cc1ccc(C2(CNC(=O)NCCc3ccc(S(N)(=O)=O)cc3)CC2)cc1. The Kier molecular flexibility index (Phi) is 5.53. The van der Waals surface area contributed by atoms with Gasteiger partial charge in [0.1, 0.15) is 0 Å². The Morgan fingerprint density at radius 1 is 1.04 bits per heavy atom. The van der Waals surface area contributed by atoms with Crippen molar-refractivity contribution in [3.05, 3.63) is 65.2 Å². The van der Waals surface area contributed by atoms with E-state index in [0.717, 1.165) is 18.4 Å². The zero-order valence-corrected chi connectivity index (χ0v) is 16.2. The van der Waals surface area contributed by atoms with Crippen LogP contribution in [0.4, 0.5) is 4.79 Å². The van der Waals surface area contributed by atoms with Gasteiger partial charge in [-0.15, -0.1) is 0 Å². The minimum absolute atomic E-state index is 0.0780. The number of hydrogen-bond acceptors (Lipinski definition) is 3. The Balaban J connectivity index is 1.43. The molecule has 0 unspecified atom stereocenters. The van der Waals surface area contributed by atoms with Crippen molar-refractivity contribution in [3.63, 3.8) is 0 Å². The van der Waals surface area contributed by atoms with Crippen molar-refractivity contribution < 1.29 is 13.2 Å². The fourth-order valence-corrected chi connectivity index (χ4v) is 3.62. The summed E-state index contributed by atoms with van der Waals surface area (Å²) in [6.45, 7) is 3.17. The van der Waals surface area contributed by atoms with Crippen molar-refractivity contribution in [3.8, 4) is 0 Å². The molecule has 0 spiro atoms. The first kappa shape index (κ1) is 19.4. The van der Waals surface area contributed by atoms with E-state index in [1.807, 2.05) is 0 Å². The minimum atomic E-state index is -3.67. The maximum absolute atomic E-state index is 12.1. The molecule has 144 valence electrons. The van der Waals surface area contributed by atoms with Gasteiger partial charge in [0.2, 0.25) is 10.0 Å². The van der Waals surface area contributed by atoms with E-state index in [9.17, 15) is 13.2 Å². The van der Waals surface area contributed by atoms with Crippen molar-refractivity contribution in [1.29, 1.82) is 0 Å². The zero-order chi connectivity index (χ0) is 19.5. The number of primary sulfonamides is 1. The van der Waals surface area contributed by atoms with Crippen LogP contribution in [0.25, 0.3) is 0 Å². The topological polar surface area (TPSA) is 101 Å². The van der Waals surface area contributed by atoms with Gasteiger partial charge in [0.15, 0.2) is 0 Å². The molecule has 3 rings (SSSR count). The molecule has 0 radical (unpaired) electrons. The number of urea groups is 1. The molecule has 0 bridgehead atoms. The van der Waals surface area contributed by atoms with Gasteiger partial charge in [0.25, 0.3) is 0 Å². The van der Waals surface area contributed by atoms with Crippen LogP contribution in [-0.4, -0.2) is 27.5 Å². The van der Waals surface area contributed by atoms with Gasteiger partial charge in [-0.2, -0.15) is 0 Å². The predicted octanol–water partition coefficient (Wildman–Crippen LogP) is 2.22. The maximum atomic E-state index is 12.1. The average molecular weight is 388 g/mol. The second-order valence-corrected chi connectivity index (χ2v) is 8.76. The monoisotopic (exact) mass is 387 g/mol. The molecule has 2 amide bonds. The van der Waals surface area contributed by atoms with Gasteiger partial charge in [-0.25, -0.2) is 18.4 Å². The molecule has 6 nitrogen and oxygen atoms in total. The van der Waals surface area contributed by atoms with Crippen LogP contribution in [0.15, 0.2) is 53.4 Å². The Hall–Kier alpha value is -2.38. The van der Waals surface area contributed by atoms with Crippen molar-refractivity contribution in [2.45, 2.75) is 36.5 Å². The van der Waals surface area contributed by atoms with Crippen molar-refractivity contribution in [2.75, 3.05) is 13.1 Å². The highest BCUT2D eigenvalue weighted by Crippen LogP contribution is 2.47. The highest BCUT2D eigenvalue weighted by molar-refractivity contribution is 7.89. The summed E-state index contributed by atoms with van der Waals surface area (Å²) >= 11 is 0. The number of aryl methyl sites for hydroxylation is 1. The third-order valence-electron chi connectivity index (χ3n) is 5.06. The number of carbonyl (C=O) groups excluding carboxylic acids is 1. The van der Waals surface area contributed by atoms with Crippen LogP contribution in [0.2, 0.25) is 0 Å². The maximum Gasteiger partial charge on any atom is 0.314 e. The van der Waals surface area contributed by atoms with Crippen molar-refractivity contribution >= 4 is 16.1 Å². The number of carbonyl (C=O) groups is 1. The fourth-order valence-electron chi connectivity index (χ4n) is 3.10. The minimum Gasteiger partial charge on any atom is -0.338 e. The molecular formula is C20H25N3O3S. The van der Waals surface area contributed by atoms with Crippen LogP contribution < -0.4 is 15.8 Å². The van der Waals surface area contributed by atoms with Crippen LogP contribution in [0.3, 0.4) is 0 Å². The number of benzene rings is 2. The molecule has 27 heavy (non-hydrogen) atoms. The summed E-state index contributed by atoms with van der Waals surface area (Å²) in [7, 11) is -3.67. The molecular weight excluding hydrogens is 362 g/mol. The number of sulfonamides is 1. The molecule has 0 atom stereocenters. The molecule has 1 aliphatic rings. The summed E-state index contributed by atoms with van der Waals surface area (Å²) < 4.78 is 22.5. The summed E-state index contributed by atoms with van der Waals surface area (Å²) in [6.07, 6.45) is 2.79. The Morgan fingerprint density at radius 2 is 1.67 bits per heavy atom. The number of hydrogen-bond donors (Lipinski definition) is 3. The Morgan fingerprint density at radius 3 is 2.22 bits per heavy atom. The summed E-state index contributed by atoms with van der Waals surface area (Å²) in [4.78, 5) is 12.1. The molecule has 4 N–H and O–H groups in total. The summed E-state index contributed by atoms with van der Waals surface area (Å²) in [5.41, 5.74) is 3.52. The predicted molar refractivity (Wildman–Crippen MR) is 105 cm³/mol. The molecule has 7 heteroatoms. The van der Waals surface area contributed by atoms with Gasteiger partial charge in [0.05, 0.1) is 4.90 Å². The molecule has 0 aromatic heterocycles. The van der Waals surface area contributed by atoms with E-state index in [1.165, 1.54) is 23.3 Å². The number of rotatable bonds is 7. The van der Waals surface area contributed by atoms with Crippen LogP contribution >= 0.6 is 0 Å². The lowest BCUT2D eigenvalue weighted by molar-refractivity contribution is 0.240. The molecule has 1 saturated carbocycles. The highest BCUT2D eigenvalue weighted by atomic mass is 32.2. The third kappa shape index (κ3) is 5.08. The van der Waals surface area contributed by atoms with E-state index in [-0.39, 0.29) is 16.3 Å². The fraction of sp³-hybridized carbons (Fsp3) is 0.350. The number of nitrogens with one attached hydrogen (secondary N) is 2. The smallest absolute Gasteiger partial charge is 0.314 e. The first-order valence-corrected chi connectivity index (χ1v) is 10.5. The lowest BCUT2D eigenvalue weighted by Crippen LogP contribution is -2.40. The lowest BCUT2D eigenvalue weighted by Gasteiger charge is -2.17. The molecule has 2 aromatic rings. The van der Waals surface area contributed by atoms with E-state index in [4.69, 9.17) is 5.14 Å². The van der Waals surface area contributed by atoms with Crippen LogP contribution in [-0.2, 0) is 21.9 Å². The Labute approximate surface area is 160 Å². The van der Waals surface area contributed by atoms with Gasteiger partial charge in [-0.3, -0.25) is 0 Å². The molecule has 1 fully saturated rings. The van der Waals surface area contributed by atoms with Crippen LogP contribution in [0.1, 0.15) is 29.5 Å². The average Bonchev–Trinajstić information content (AvgIpc) is 3.41. The highest BCUT2D eigenvalue weighted by Gasteiger charge is 2.44. The molecule has 1 aliphatic carbocycles. The van der Waals surface area contributed by atoms with Crippen LogP contribution in [0, 0.1) is 6.92 Å². The second kappa shape index (κ2) is 7.70. The zero-order valence-electron chi connectivity index (χ0n) is 15.4. The first-order chi connectivity index (χ1) is 12.8. The van der Waals surface area contributed by atoms with E-state index in [0.29, 0.717) is 19.5 Å². The normalized spacial score (nSPS) is 15.2. The molecule has 0 aliphatic heterocycles. The van der Waals surface area contributed by atoms with E-state index >= 15 is 0 Å². The summed E-state index contributed by atoms with van der Waals surface area (Å²) in [6, 6.07) is 14.7. The van der Waals surface area contributed by atoms with Crippen LogP contribution in [0.5, 0.6) is 0 Å². The van der Waals surface area contributed by atoms with E-state index in [1.54, 1.807) is 12.1 Å². The van der Waals surface area contributed by atoms with Gasteiger partial charge >= 0.3 is 6.03 Å². The largest absolute Gasteiger partial charge is 0.338 e. The molecule has 0 heterocycles. The standard InChI is InChI=1S/C20H25N3O3S/c1-15-2-6-17(7-3-15)20(11-12-20)14-23-19(24)22-13-10-16-4-8-18(9-5-16)27(21,25)26/h2-9H,10-14H2,1H3,(H2,21,25,26)(H2,22,23,24).